The molecule has 0 bridgehead atoms. The van der Waals surface area contributed by atoms with Gasteiger partial charge in [0.15, 0.2) is 5.58 Å². The van der Waals surface area contributed by atoms with E-state index in [0.717, 1.165) is 11.1 Å². The first kappa shape index (κ1) is 20.6. The minimum atomic E-state index is -3.52. The first-order chi connectivity index (χ1) is 14.5. The van der Waals surface area contributed by atoms with Gasteiger partial charge in [-0.2, -0.15) is 4.31 Å². The summed E-state index contributed by atoms with van der Waals surface area (Å²) in [5.41, 5.74) is 2.27. The number of aromatic nitrogens is 1. The van der Waals surface area contributed by atoms with Gasteiger partial charge in [0.05, 0.1) is 5.75 Å². The highest BCUT2D eigenvalue weighted by Gasteiger charge is 2.27. The molecule has 3 aromatic rings. The molecule has 1 saturated heterocycles. The Kier molecular flexibility index (Phi) is 6.21. The molecule has 9 heteroatoms. The van der Waals surface area contributed by atoms with E-state index in [4.69, 9.17) is 4.42 Å². The van der Waals surface area contributed by atoms with E-state index in [-0.39, 0.29) is 24.7 Å². The average Bonchev–Trinajstić information content (AvgIpc) is 3.20. The molecule has 0 N–H and O–H groups in total. The fourth-order valence-corrected chi connectivity index (χ4v) is 5.05. The number of hydrogen-bond donors (Lipinski definition) is 0. The molecular formula is C21H21N3O4S2. The van der Waals surface area contributed by atoms with Gasteiger partial charge in [-0.15, -0.1) is 0 Å². The monoisotopic (exact) mass is 443 g/mol. The SMILES string of the molecule is O=C(CSc1nc2ccccc2o1)N1CCN(S(=O)(=O)/C=C/c2ccccc2)CC1. The Morgan fingerprint density at radius 3 is 2.47 bits per heavy atom. The van der Waals surface area contributed by atoms with Crippen LogP contribution in [-0.2, 0) is 14.8 Å². The summed E-state index contributed by atoms with van der Waals surface area (Å²) in [6, 6.07) is 16.7. The van der Waals surface area contributed by atoms with Gasteiger partial charge in [-0.3, -0.25) is 4.79 Å². The van der Waals surface area contributed by atoms with Crippen molar-refractivity contribution < 1.29 is 17.6 Å². The van der Waals surface area contributed by atoms with Crippen LogP contribution in [0.1, 0.15) is 5.56 Å². The van der Waals surface area contributed by atoms with Gasteiger partial charge in [-0.1, -0.05) is 54.2 Å². The molecule has 1 fully saturated rings. The number of rotatable bonds is 6. The van der Waals surface area contributed by atoms with E-state index in [0.29, 0.717) is 23.9 Å². The van der Waals surface area contributed by atoms with Crippen molar-refractivity contribution in [3.05, 3.63) is 65.6 Å². The molecule has 0 unspecified atom stereocenters. The number of thioether (sulfide) groups is 1. The lowest BCUT2D eigenvalue weighted by Crippen LogP contribution is -2.50. The molecule has 7 nitrogen and oxygen atoms in total. The lowest BCUT2D eigenvalue weighted by Gasteiger charge is -2.33. The molecule has 0 radical (unpaired) electrons. The zero-order valence-corrected chi connectivity index (χ0v) is 17.8. The van der Waals surface area contributed by atoms with Crippen LogP contribution < -0.4 is 0 Å². The molecule has 1 aromatic heterocycles. The largest absolute Gasteiger partial charge is 0.431 e. The molecule has 1 amide bonds. The molecule has 156 valence electrons. The normalized spacial score (nSPS) is 15.8. The topological polar surface area (TPSA) is 83.7 Å². The third-order valence-electron chi connectivity index (χ3n) is 4.78. The molecule has 30 heavy (non-hydrogen) atoms. The number of benzene rings is 2. The smallest absolute Gasteiger partial charge is 0.257 e. The van der Waals surface area contributed by atoms with Crippen molar-refractivity contribution in [2.45, 2.75) is 5.22 Å². The fraction of sp³-hybridized carbons (Fsp3) is 0.238. The van der Waals surface area contributed by atoms with Crippen LogP contribution in [0.25, 0.3) is 17.2 Å². The predicted molar refractivity (Wildman–Crippen MR) is 117 cm³/mol. The second kappa shape index (κ2) is 9.03. The molecule has 0 aliphatic carbocycles. The van der Waals surface area contributed by atoms with Gasteiger partial charge >= 0.3 is 0 Å². The zero-order valence-electron chi connectivity index (χ0n) is 16.2. The van der Waals surface area contributed by atoms with Gasteiger partial charge < -0.3 is 9.32 Å². The first-order valence-corrected chi connectivity index (χ1v) is 12.0. The number of oxazole rings is 1. The molecule has 1 aliphatic heterocycles. The minimum Gasteiger partial charge on any atom is -0.431 e. The van der Waals surface area contributed by atoms with Gasteiger partial charge in [-0.25, -0.2) is 13.4 Å². The van der Waals surface area contributed by atoms with E-state index in [9.17, 15) is 13.2 Å². The van der Waals surface area contributed by atoms with E-state index in [1.807, 2.05) is 54.6 Å². The van der Waals surface area contributed by atoms with E-state index < -0.39 is 10.0 Å². The summed E-state index contributed by atoms with van der Waals surface area (Å²) in [4.78, 5) is 18.5. The quantitative estimate of drug-likeness (QED) is 0.545. The predicted octanol–water partition coefficient (Wildman–Crippen LogP) is 3.06. The third-order valence-corrected chi connectivity index (χ3v) is 7.15. The molecule has 1 aliphatic rings. The van der Waals surface area contributed by atoms with Crippen molar-refractivity contribution in [3.63, 3.8) is 0 Å². The highest BCUT2D eigenvalue weighted by molar-refractivity contribution is 7.99. The second-order valence-corrected chi connectivity index (χ2v) is 9.52. The van der Waals surface area contributed by atoms with Crippen LogP contribution in [-0.4, -0.2) is 60.4 Å². The van der Waals surface area contributed by atoms with Gasteiger partial charge in [-0.05, 0) is 23.8 Å². The van der Waals surface area contributed by atoms with Crippen LogP contribution in [0, 0.1) is 0 Å². The summed E-state index contributed by atoms with van der Waals surface area (Å²) in [6.07, 6.45) is 1.59. The molecule has 2 heterocycles. The summed E-state index contributed by atoms with van der Waals surface area (Å²) in [5, 5.41) is 1.68. The van der Waals surface area contributed by atoms with Crippen molar-refractivity contribution in [3.8, 4) is 0 Å². The van der Waals surface area contributed by atoms with Crippen LogP contribution in [0.4, 0.5) is 0 Å². The third kappa shape index (κ3) is 4.92. The Balaban J connectivity index is 1.29. The number of carbonyl (C=O) groups excluding carboxylic acids is 1. The zero-order chi connectivity index (χ0) is 21.0. The number of nitrogens with zero attached hydrogens (tertiary/aromatic N) is 3. The number of sulfonamides is 1. The van der Waals surface area contributed by atoms with Crippen molar-refractivity contribution in [2.24, 2.45) is 0 Å². The number of para-hydroxylation sites is 2. The highest BCUT2D eigenvalue weighted by Crippen LogP contribution is 2.23. The van der Waals surface area contributed by atoms with Crippen LogP contribution in [0.15, 0.2) is 69.6 Å². The lowest BCUT2D eigenvalue weighted by atomic mass is 10.2. The average molecular weight is 444 g/mol. The van der Waals surface area contributed by atoms with Gasteiger partial charge in [0, 0.05) is 31.6 Å². The number of hydrogen-bond acceptors (Lipinski definition) is 6. The molecule has 0 spiro atoms. The van der Waals surface area contributed by atoms with E-state index >= 15 is 0 Å². The molecular weight excluding hydrogens is 422 g/mol. The maximum absolute atomic E-state index is 12.5. The Morgan fingerprint density at radius 2 is 1.73 bits per heavy atom. The summed E-state index contributed by atoms with van der Waals surface area (Å²) in [7, 11) is -3.52. The van der Waals surface area contributed by atoms with Crippen LogP contribution in [0.2, 0.25) is 0 Å². The van der Waals surface area contributed by atoms with Gasteiger partial charge in [0.25, 0.3) is 5.22 Å². The van der Waals surface area contributed by atoms with Crippen molar-refractivity contribution in [2.75, 3.05) is 31.9 Å². The standard InChI is InChI=1S/C21H21N3O4S2/c25-20(16-29-21-22-18-8-4-5-9-19(18)28-21)23-11-13-24(14-12-23)30(26,27)15-10-17-6-2-1-3-7-17/h1-10,15H,11-14,16H2/b15-10+. The maximum Gasteiger partial charge on any atom is 0.257 e. The lowest BCUT2D eigenvalue weighted by molar-refractivity contribution is -0.129. The minimum absolute atomic E-state index is 0.0564. The van der Waals surface area contributed by atoms with E-state index in [1.165, 1.54) is 21.5 Å². The Morgan fingerprint density at radius 1 is 1.03 bits per heavy atom. The van der Waals surface area contributed by atoms with Crippen LogP contribution >= 0.6 is 11.8 Å². The molecule has 0 atom stereocenters. The van der Waals surface area contributed by atoms with Crippen LogP contribution in [0.5, 0.6) is 0 Å². The van der Waals surface area contributed by atoms with Gasteiger partial charge in [0.1, 0.15) is 5.52 Å². The fourth-order valence-electron chi connectivity index (χ4n) is 3.13. The maximum atomic E-state index is 12.5. The van der Waals surface area contributed by atoms with Crippen molar-refractivity contribution >= 4 is 44.9 Å². The summed E-state index contributed by atoms with van der Waals surface area (Å²) in [5.74, 6) is 0.146. The molecule has 4 rings (SSSR count). The second-order valence-electron chi connectivity index (χ2n) is 6.77. The van der Waals surface area contributed by atoms with Crippen LogP contribution in [0.3, 0.4) is 0 Å². The number of amides is 1. The van der Waals surface area contributed by atoms with Gasteiger partial charge in [0.2, 0.25) is 15.9 Å². The van der Waals surface area contributed by atoms with Crippen molar-refractivity contribution in [1.82, 2.24) is 14.2 Å². The number of piperazine rings is 1. The summed E-state index contributed by atoms with van der Waals surface area (Å²) < 4.78 is 32.1. The Labute approximate surface area is 179 Å². The first-order valence-electron chi connectivity index (χ1n) is 9.51. The number of carbonyl (C=O) groups is 1. The summed E-state index contributed by atoms with van der Waals surface area (Å²) in [6.45, 7) is 1.29. The molecule has 0 saturated carbocycles. The highest BCUT2D eigenvalue weighted by atomic mass is 32.2. The van der Waals surface area contributed by atoms with E-state index in [2.05, 4.69) is 4.98 Å². The summed E-state index contributed by atoms with van der Waals surface area (Å²) >= 11 is 1.25. The number of fused-ring (bicyclic) bond motifs is 1. The molecule has 2 aromatic carbocycles. The van der Waals surface area contributed by atoms with Crippen molar-refractivity contribution in [1.29, 1.82) is 0 Å². The Hall–Kier alpha value is -2.62. The van der Waals surface area contributed by atoms with E-state index in [1.54, 1.807) is 11.0 Å². The Bertz CT molecular complexity index is 1120.